The molecule has 0 aromatic heterocycles. The number of urea groups is 1. The van der Waals surface area contributed by atoms with Crippen LogP contribution in [0.15, 0.2) is 42.5 Å². The number of amides is 2. The highest BCUT2D eigenvalue weighted by atomic mass is 35.5. The highest BCUT2D eigenvalue weighted by Gasteiger charge is 2.23. The molecule has 3 nitrogen and oxygen atoms in total. The lowest BCUT2D eigenvalue weighted by Gasteiger charge is -2.18. The Bertz CT molecular complexity index is 683. The van der Waals surface area contributed by atoms with Gasteiger partial charge >= 0.3 is 6.03 Å². The number of hydrogen-bond acceptors (Lipinski definition) is 1. The van der Waals surface area contributed by atoms with E-state index in [1.807, 2.05) is 30.3 Å². The first kappa shape index (κ1) is 15.2. The zero-order valence-corrected chi connectivity index (χ0v) is 13.5. The van der Waals surface area contributed by atoms with Gasteiger partial charge in [-0.25, -0.2) is 4.79 Å². The lowest BCUT2D eigenvalue weighted by molar-refractivity contribution is 0.247. The number of fused-ring (bicyclic) bond motifs is 1. The standard InChI is InChI=1S/C17H16Cl2N2O/c18-14-9-12(10-15(19)11-14)5-7-20-17(22)21-8-6-13-3-1-2-4-16(13)21/h1-4,9-11H,5-8H2,(H,20,22). The summed E-state index contributed by atoms with van der Waals surface area (Å²) in [5.74, 6) is 0. The topological polar surface area (TPSA) is 32.3 Å². The molecule has 0 radical (unpaired) electrons. The van der Waals surface area contributed by atoms with Gasteiger partial charge in [-0.2, -0.15) is 0 Å². The van der Waals surface area contributed by atoms with Crippen LogP contribution in [-0.4, -0.2) is 19.1 Å². The molecule has 1 aliphatic rings. The fourth-order valence-corrected chi connectivity index (χ4v) is 3.28. The van der Waals surface area contributed by atoms with E-state index in [0.717, 1.165) is 24.2 Å². The van der Waals surface area contributed by atoms with Crippen LogP contribution >= 0.6 is 23.2 Å². The van der Waals surface area contributed by atoms with E-state index in [4.69, 9.17) is 23.2 Å². The predicted molar refractivity (Wildman–Crippen MR) is 91.1 cm³/mol. The molecule has 0 aliphatic carbocycles. The second-order valence-corrected chi connectivity index (χ2v) is 6.16. The van der Waals surface area contributed by atoms with E-state index in [-0.39, 0.29) is 6.03 Å². The maximum Gasteiger partial charge on any atom is 0.321 e. The Hall–Kier alpha value is -1.71. The Morgan fingerprint density at radius 3 is 2.64 bits per heavy atom. The first-order valence-electron chi connectivity index (χ1n) is 7.22. The van der Waals surface area contributed by atoms with Gasteiger partial charge in [-0.1, -0.05) is 41.4 Å². The zero-order valence-electron chi connectivity index (χ0n) is 12.0. The van der Waals surface area contributed by atoms with Crippen LogP contribution in [-0.2, 0) is 12.8 Å². The normalized spacial score (nSPS) is 13.1. The van der Waals surface area contributed by atoms with Crippen LogP contribution in [0.3, 0.4) is 0 Å². The van der Waals surface area contributed by atoms with Gasteiger partial charge in [0.15, 0.2) is 0 Å². The highest BCUT2D eigenvalue weighted by Crippen LogP contribution is 2.27. The summed E-state index contributed by atoms with van der Waals surface area (Å²) in [7, 11) is 0. The second-order valence-electron chi connectivity index (χ2n) is 5.29. The number of benzene rings is 2. The average molecular weight is 335 g/mol. The molecule has 0 bridgehead atoms. The smallest absolute Gasteiger partial charge is 0.321 e. The van der Waals surface area contributed by atoms with Gasteiger partial charge in [-0.05, 0) is 48.2 Å². The van der Waals surface area contributed by atoms with Gasteiger partial charge in [0.05, 0.1) is 0 Å². The first-order chi connectivity index (χ1) is 10.6. The van der Waals surface area contributed by atoms with Crippen LogP contribution in [0, 0.1) is 0 Å². The zero-order chi connectivity index (χ0) is 15.5. The Balaban J connectivity index is 1.57. The molecule has 3 rings (SSSR count). The molecule has 1 N–H and O–H groups in total. The minimum atomic E-state index is -0.0573. The highest BCUT2D eigenvalue weighted by molar-refractivity contribution is 6.34. The molecule has 0 atom stereocenters. The fraction of sp³-hybridized carbons (Fsp3) is 0.235. The van der Waals surface area contributed by atoms with Crippen molar-refractivity contribution in [1.29, 1.82) is 0 Å². The van der Waals surface area contributed by atoms with Crippen molar-refractivity contribution in [2.75, 3.05) is 18.0 Å². The van der Waals surface area contributed by atoms with Crippen LogP contribution < -0.4 is 10.2 Å². The first-order valence-corrected chi connectivity index (χ1v) is 7.97. The maximum absolute atomic E-state index is 12.3. The number of hydrogen-bond donors (Lipinski definition) is 1. The Labute approximate surface area is 139 Å². The summed E-state index contributed by atoms with van der Waals surface area (Å²) in [5.41, 5.74) is 3.24. The van der Waals surface area contributed by atoms with Crippen molar-refractivity contribution >= 4 is 34.9 Å². The fourth-order valence-electron chi connectivity index (χ4n) is 2.71. The van der Waals surface area contributed by atoms with Crippen LogP contribution in [0.5, 0.6) is 0 Å². The third kappa shape index (κ3) is 3.37. The van der Waals surface area contributed by atoms with E-state index in [1.54, 1.807) is 11.0 Å². The Morgan fingerprint density at radius 1 is 1.14 bits per heavy atom. The quantitative estimate of drug-likeness (QED) is 0.891. The molecule has 0 saturated carbocycles. The van der Waals surface area contributed by atoms with Gasteiger partial charge in [-0.3, -0.25) is 4.90 Å². The molecule has 2 aromatic carbocycles. The molecule has 1 aliphatic heterocycles. The maximum atomic E-state index is 12.3. The molecular weight excluding hydrogens is 319 g/mol. The molecule has 114 valence electrons. The minimum absolute atomic E-state index is 0.0573. The summed E-state index contributed by atoms with van der Waals surface area (Å²) >= 11 is 11.9. The van der Waals surface area contributed by atoms with Gasteiger partial charge in [0.1, 0.15) is 0 Å². The molecule has 1 heterocycles. The Kier molecular flexibility index (Phi) is 4.55. The number of carbonyl (C=O) groups is 1. The largest absolute Gasteiger partial charge is 0.337 e. The van der Waals surface area contributed by atoms with E-state index in [9.17, 15) is 4.79 Å². The Morgan fingerprint density at radius 2 is 1.86 bits per heavy atom. The van der Waals surface area contributed by atoms with Crippen molar-refractivity contribution in [2.24, 2.45) is 0 Å². The second kappa shape index (κ2) is 6.59. The van der Waals surface area contributed by atoms with Crippen LogP contribution in [0.2, 0.25) is 10.0 Å². The third-order valence-electron chi connectivity index (χ3n) is 3.74. The predicted octanol–water partition coefficient (Wildman–Crippen LogP) is 4.31. The number of nitrogens with one attached hydrogen (secondary N) is 1. The number of anilines is 1. The van der Waals surface area contributed by atoms with E-state index < -0.39 is 0 Å². The number of carbonyl (C=O) groups excluding carboxylic acids is 1. The van der Waals surface area contributed by atoms with Crippen molar-refractivity contribution in [2.45, 2.75) is 12.8 Å². The van der Waals surface area contributed by atoms with Gasteiger partial charge in [-0.15, -0.1) is 0 Å². The van der Waals surface area contributed by atoms with Crippen molar-refractivity contribution in [3.63, 3.8) is 0 Å². The van der Waals surface area contributed by atoms with Crippen molar-refractivity contribution in [3.8, 4) is 0 Å². The van der Waals surface area contributed by atoms with E-state index in [0.29, 0.717) is 23.0 Å². The number of para-hydroxylation sites is 1. The number of rotatable bonds is 3. The van der Waals surface area contributed by atoms with E-state index >= 15 is 0 Å². The van der Waals surface area contributed by atoms with E-state index in [1.165, 1.54) is 5.56 Å². The van der Waals surface area contributed by atoms with Crippen LogP contribution in [0.1, 0.15) is 11.1 Å². The summed E-state index contributed by atoms with van der Waals surface area (Å²) < 4.78 is 0. The third-order valence-corrected chi connectivity index (χ3v) is 4.18. The molecule has 2 aromatic rings. The van der Waals surface area contributed by atoms with Crippen molar-refractivity contribution < 1.29 is 4.79 Å². The summed E-state index contributed by atoms with van der Waals surface area (Å²) in [4.78, 5) is 14.1. The van der Waals surface area contributed by atoms with Gasteiger partial charge in [0.2, 0.25) is 0 Å². The molecule has 5 heteroatoms. The van der Waals surface area contributed by atoms with Gasteiger partial charge in [0, 0.05) is 28.8 Å². The average Bonchev–Trinajstić information content (AvgIpc) is 2.90. The SMILES string of the molecule is O=C(NCCc1cc(Cl)cc(Cl)c1)N1CCc2ccccc21. The van der Waals surface area contributed by atoms with E-state index in [2.05, 4.69) is 11.4 Å². The molecule has 0 saturated heterocycles. The lowest BCUT2D eigenvalue weighted by Crippen LogP contribution is -2.39. The van der Waals surface area contributed by atoms with Gasteiger partial charge < -0.3 is 5.32 Å². The van der Waals surface area contributed by atoms with Crippen molar-refractivity contribution in [3.05, 3.63) is 63.6 Å². The summed E-state index contributed by atoms with van der Waals surface area (Å²) in [6, 6.07) is 13.4. The molecule has 0 spiro atoms. The van der Waals surface area contributed by atoms with Gasteiger partial charge in [0.25, 0.3) is 0 Å². The molecular formula is C17H16Cl2N2O. The van der Waals surface area contributed by atoms with Crippen LogP contribution in [0.25, 0.3) is 0 Å². The number of halogens is 2. The number of nitrogens with zero attached hydrogens (tertiary/aromatic N) is 1. The minimum Gasteiger partial charge on any atom is -0.337 e. The molecule has 0 unspecified atom stereocenters. The molecule has 0 fully saturated rings. The van der Waals surface area contributed by atoms with Crippen LogP contribution in [0.4, 0.5) is 10.5 Å². The summed E-state index contributed by atoms with van der Waals surface area (Å²) in [6.45, 7) is 1.28. The summed E-state index contributed by atoms with van der Waals surface area (Å²) in [5, 5.41) is 4.18. The lowest BCUT2D eigenvalue weighted by atomic mass is 10.1. The molecule has 22 heavy (non-hydrogen) atoms. The van der Waals surface area contributed by atoms with Crippen molar-refractivity contribution in [1.82, 2.24) is 5.32 Å². The molecule has 2 amide bonds. The monoisotopic (exact) mass is 334 g/mol. The summed E-state index contributed by atoms with van der Waals surface area (Å²) in [6.07, 6.45) is 1.61.